The van der Waals surface area contributed by atoms with E-state index < -0.39 is 11.9 Å². The number of carbonyl (C=O) groups is 2. The van der Waals surface area contributed by atoms with Crippen LogP contribution >= 0.6 is 0 Å². The fourth-order valence-electron chi connectivity index (χ4n) is 2.38. The van der Waals surface area contributed by atoms with Gasteiger partial charge in [-0.3, -0.25) is 4.79 Å². The van der Waals surface area contributed by atoms with Crippen LogP contribution in [0.25, 0.3) is 0 Å². The Kier molecular flexibility index (Phi) is 4.31. The molecule has 1 aromatic carbocycles. The fraction of sp³-hybridized carbons (Fsp3) is 0.375. The molecule has 2 rings (SSSR count). The van der Waals surface area contributed by atoms with Gasteiger partial charge in [0.05, 0.1) is 0 Å². The lowest BCUT2D eigenvalue weighted by Crippen LogP contribution is -1.99. The predicted octanol–water partition coefficient (Wildman–Crippen LogP) is 2.72. The van der Waals surface area contributed by atoms with Gasteiger partial charge in [0.1, 0.15) is 17.9 Å². The first-order valence-electron chi connectivity index (χ1n) is 6.79. The molecule has 0 bridgehead atoms. The monoisotopic (exact) mass is 290 g/mol. The third-order valence-electron chi connectivity index (χ3n) is 3.66. The van der Waals surface area contributed by atoms with Crippen molar-refractivity contribution < 1.29 is 24.5 Å². The smallest absolute Gasteiger partial charge is 0.342 e. The molecule has 0 atom stereocenters. The zero-order valence-corrected chi connectivity index (χ0v) is 12.1. The molecule has 0 saturated carbocycles. The second kappa shape index (κ2) is 5.99. The Morgan fingerprint density at radius 3 is 2.81 bits per heavy atom. The van der Waals surface area contributed by atoms with Gasteiger partial charge in [-0.25, -0.2) is 4.79 Å². The van der Waals surface area contributed by atoms with Gasteiger partial charge in [-0.05, 0) is 37.8 Å². The van der Waals surface area contributed by atoms with Gasteiger partial charge in [-0.1, -0.05) is 17.7 Å². The van der Waals surface area contributed by atoms with Crippen molar-refractivity contribution in [1.29, 1.82) is 0 Å². The number of hydrogen-bond acceptors (Lipinski definition) is 4. The van der Waals surface area contributed by atoms with E-state index in [1.54, 1.807) is 0 Å². The number of phenols is 1. The van der Waals surface area contributed by atoms with Crippen LogP contribution in [0, 0.1) is 6.92 Å². The number of aliphatic carboxylic acids is 1. The van der Waals surface area contributed by atoms with Crippen molar-refractivity contribution in [1.82, 2.24) is 0 Å². The Hall–Kier alpha value is -2.30. The van der Waals surface area contributed by atoms with Gasteiger partial charge in [-0.15, -0.1) is 0 Å². The predicted molar refractivity (Wildman–Crippen MR) is 76.3 cm³/mol. The van der Waals surface area contributed by atoms with E-state index in [4.69, 9.17) is 9.84 Å². The Balaban J connectivity index is 2.20. The number of phenolic OH excluding ortho intramolecular Hbond substituents is 1. The largest absolute Gasteiger partial charge is 0.507 e. The zero-order valence-electron chi connectivity index (χ0n) is 12.1. The van der Waals surface area contributed by atoms with Crippen LogP contribution < -0.4 is 0 Å². The van der Waals surface area contributed by atoms with Gasteiger partial charge in [0.15, 0.2) is 0 Å². The van der Waals surface area contributed by atoms with Crippen molar-refractivity contribution in [2.24, 2.45) is 0 Å². The summed E-state index contributed by atoms with van der Waals surface area (Å²) >= 11 is 0. The first-order chi connectivity index (χ1) is 9.90. The molecular formula is C16H18O5. The maximum Gasteiger partial charge on any atom is 0.342 e. The lowest BCUT2D eigenvalue weighted by Gasteiger charge is -2.09. The maximum atomic E-state index is 11.6. The van der Waals surface area contributed by atoms with Crippen LogP contribution in [0.1, 0.15) is 46.8 Å². The average molecular weight is 290 g/mol. The lowest BCUT2D eigenvalue weighted by molar-refractivity contribution is -0.136. The standard InChI is InChI=1S/C16H18O5/c1-9(4-6-13(17)18)3-5-11-7-10(2)12-8-21-16(20)14(12)15(11)19/h3,7,19H,4-6,8H2,1-2H3,(H,17,18)/b9-3+. The SMILES string of the molecule is C/C(=C\Cc1cc(C)c2c(c1O)C(=O)OC2)CCC(=O)O. The van der Waals surface area contributed by atoms with Crippen LogP contribution in [0.5, 0.6) is 5.75 Å². The number of fused-ring (bicyclic) bond motifs is 1. The van der Waals surface area contributed by atoms with Crippen molar-refractivity contribution in [3.05, 3.63) is 40.0 Å². The maximum absolute atomic E-state index is 11.6. The number of carboxylic acids is 1. The Morgan fingerprint density at radius 1 is 1.43 bits per heavy atom. The van der Waals surface area contributed by atoms with Crippen LogP contribution in [0.3, 0.4) is 0 Å². The van der Waals surface area contributed by atoms with Crippen LogP contribution in [0.4, 0.5) is 0 Å². The molecule has 0 unspecified atom stereocenters. The minimum absolute atomic E-state index is 0.0274. The lowest BCUT2D eigenvalue weighted by atomic mass is 9.96. The van der Waals surface area contributed by atoms with Crippen molar-refractivity contribution in [3.8, 4) is 5.75 Å². The molecular weight excluding hydrogens is 272 g/mol. The number of ether oxygens (including phenoxy) is 1. The molecule has 0 aromatic heterocycles. The molecule has 0 radical (unpaired) electrons. The number of carbonyl (C=O) groups excluding carboxylic acids is 1. The van der Waals surface area contributed by atoms with Crippen molar-refractivity contribution in [2.45, 2.75) is 39.7 Å². The molecule has 5 nitrogen and oxygen atoms in total. The molecule has 0 fully saturated rings. The van der Waals surface area contributed by atoms with E-state index in [1.807, 2.05) is 26.0 Å². The summed E-state index contributed by atoms with van der Waals surface area (Å²) in [7, 11) is 0. The highest BCUT2D eigenvalue weighted by Gasteiger charge is 2.28. The number of allylic oxidation sites excluding steroid dienone is 2. The molecule has 0 aliphatic carbocycles. The zero-order chi connectivity index (χ0) is 15.6. The molecule has 0 amide bonds. The Labute approximate surface area is 122 Å². The van der Waals surface area contributed by atoms with Gasteiger partial charge >= 0.3 is 11.9 Å². The average Bonchev–Trinajstić information content (AvgIpc) is 2.81. The van der Waals surface area contributed by atoms with Crippen molar-refractivity contribution >= 4 is 11.9 Å². The number of hydrogen-bond donors (Lipinski definition) is 2. The number of esters is 1. The molecule has 1 aromatic rings. The minimum Gasteiger partial charge on any atom is -0.507 e. The molecule has 0 saturated heterocycles. The highest BCUT2D eigenvalue weighted by atomic mass is 16.5. The quantitative estimate of drug-likeness (QED) is 0.643. The molecule has 2 N–H and O–H groups in total. The van der Waals surface area contributed by atoms with E-state index in [-0.39, 0.29) is 24.3 Å². The van der Waals surface area contributed by atoms with E-state index in [0.29, 0.717) is 18.4 Å². The van der Waals surface area contributed by atoms with Crippen molar-refractivity contribution in [2.75, 3.05) is 0 Å². The summed E-state index contributed by atoms with van der Waals surface area (Å²) in [5.41, 5.74) is 3.52. The van der Waals surface area contributed by atoms with Crippen LogP contribution in [0.2, 0.25) is 0 Å². The second-order valence-corrected chi connectivity index (χ2v) is 5.28. The van der Waals surface area contributed by atoms with Crippen molar-refractivity contribution in [3.63, 3.8) is 0 Å². The van der Waals surface area contributed by atoms with Gasteiger partial charge < -0.3 is 14.9 Å². The summed E-state index contributed by atoms with van der Waals surface area (Å²) in [6.07, 6.45) is 2.90. The highest BCUT2D eigenvalue weighted by molar-refractivity contribution is 5.97. The number of aryl methyl sites for hydroxylation is 1. The Morgan fingerprint density at radius 2 is 2.14 bits per heavy atom. The van der Waals surface area contributed by atoms with Crippen LogP contribution in [-0.4, -0.2) is 22.2 Å². The van der Waals surface area contributed by atoms with Crippen LogP contribution in [-0.2, 0) is 22.6 Å². The first kappa shape index (κ1) is 15.1. The second-order valence-electron chi connectivity index (χ2n) is 5.28. The first-order valence-corrected chi connectivity index (χ1v) is 6.79. The summed E-state index contributed by atoms with van der Waals surface area (Å²) in [5.74, 6) is -1.35. The molecule has 0 spiro atoms. The van der Waals surface area contributed by atoms with E-state index in [9.17, 15) is 14.7 Å². The third kappa shape index (κ3) is 3.24. The van der Waals surface area contributed by atoms with Gasteiger partial charge in [-0.2, -0.15) is 0 Å². The number of rotatable bonds is 5. The number of benzene rings is 1. The summed E-state index contributed by atoms with van der Waals surface area (Å²) in [6.45, 7) is 3.94. The van der Waals surface area contributed by atoms with E-state index >= 15 is 0 Å². The summed E-state index contributed by atoms with van der Waals surface area (Å²) in [5, 5.41) is 18.9. The summed E-state index contributed by atoms with van der Waals surface area (Å²) in [4.78, 5) is 22.2. The number of cyclic esters (lactones) is 1. The molecule has 1 heterocycles. The molecule has 112 valence electrons. The number of aromatic hydroxyl groups is 1. The molecule has 1 aliphatic heterocycles. The third-order valence-corrected chi connectivity index (χ3v) is 3.66. The Bertz CT molecular complexity index is 628. The van der Waals surface area contributed by atoms with Gasteiger partial charge in [0.2, 0.25) is 0 Å². The molecule has 5 heteroatoms. The minimum atomic E-state index is -0.832. The molecule has 21 heavy (non-hydrogen) atoms. The normalized spacial score (nSPS) is 14.0. The summed E-state index contributed by atoms with van der Waals surface area (Å²) < 4.78 is 4.95. The molecule has 1 aliphatic rings. The van der Waals surface area contributed by atoms with Crippen LogP contribution in [0.15, 0.2) is 17.7 Å². The van der Waals surface area contributed by atoms with E-state index in [2.05, 4.69) is 0 Å². The van der Waals surface area contributed by atoms with Gasteiger partial charge in [0.25, 0.3) is 0 Å². The summed E-state index contributed by atoms with van der Waals surface area (Å²) in [6, 6.07) is 1.84. The topological polar surface area (TPSA) is 83.8 Å². The van der Waals surface area contributed by atoms with Gasteiger partial charge in [0, 0.05) is 12.0 Å². The number of carboxylic acid groups (broad SMARTS) is 1. The van der Waals surface area contributed by atoms with E-state index in [1.165, 1.54) is 0 Å². The fourth-order valence-corrected chi connectivity index (χ4v) is 2.38. The van der Waals surface area contributed by atoms with E-state index in [0.717, 1.165) is 16.7 Å². The highest BCUT2D eigenvalue weighted by Crippen LogP contribution is 2.34.